The second-order valence-electron chi connectivity index (χ2n) is 4.72. The van der Waals surface area contributed by atoms with Gasteiger partial charge >= 0.3 is 0 Å². The van der Waals surface area contributed by atoms with E-state index in [0.29, 0.717) is 6.04 Å². The monoisotopic (exact) mass is 246 g/mol. The second kappa shape index (κ2) is 4.67. The van der Waals surface area contributed by atoms with Gasteiger partial charge in [0, 0.05) is 29.5 Å². The van der Waals surface area contributed by atoms with Gasteiger partial charge in [0.05, 0.1) is 0 Å². The van der Waals surface area contributed by atoms with Gasteiger partial charge in [-0.05, 0) is 54.9 Å². The van der Waals surface area contributed by atoms with Gasteiger partial charge < -0.3 is 10.2 Å². The van der Waals surface area contributed by atoms with Crippen molar-refractivity contribution in [2.24, 2.45) is 0 Å². The average Bonchev–Trinajstić information content (AvgIpc) is 2.86. The highest BCUT2D eigenvalue weighted by atomic mass is 32.1. The number of benzene rings is 1. The summed E-state index contributed by atoms with van der Waals surface area (Å²) in [6.45, 7) is 2.32. The Morgan fingerprint density at radius 3 is 3.18 bits per heavy atom. The van der Waals surface area contributed by atoms with Crippen LogP contribution in [0.15, 0.2) is 29.6 Å². The Balaban J connectivity index is 1.86. The highest BCUT2D eigenvalue weighted by Gasteiger charge is 2.18. The third kappa shape index (κ3) is 2.17. The van der Waals surface area contributed by atoms with Crippen LogP contribution >= 0.6 is 11.3 Å². The van der Waals surface area contributed by atoms with Crippen LogP contribution in [0.2, 0.25) is 0 Å². The van der Waals surface area contributed by atoms with Crippen LogP contribution in [-0.4, -0.2) is 26.2 Å². The van der Waals surface area contributed by atoms with Crippen molar-refractivity contribution in [3.05, 3.63) is 29.6 Å². The standard InChI is InChI=1S/C14H18N2S/c1-15-12-3-2-7-16(10-12)13-4-5-14-11(9-13)6-8-17-14/h4-6,8-9,12,15H,2-3,7,10H2,1H3. The predicted molar refractivity (Wildman–Crippen MR) is 76.1 cm³/mol. The topological polar surface area (TPSA) is 15.3 Å². The van der Waals surface area contributed by atoms with Crippen LogP contribution in [0.25, 0.3) is 10.1 Å². The number of hydrogen-bond donors (Lipinski definition) is 1. The largest absolute Gasteiger partial charge is 0.370 e. The quantitative estimate of drug-likeness (QED) is 0.876. The molecule has 1 unspecified atom stereocenters. The van der Waals surface area contributed by atoms with E-state index in [9.17, 15) is 0 Å². The summed E-state index contributed by atoms with van der Waals surface area (Å²) in [6.07, 6.45) is 2.58. The fourth-order valence-electron chi connectivity index (χ4n) is 2.60. The number of thiophene rings is 1. The summed E-state index contributed by atoms with van der Waals surface area (Å²) < 4.78 is 1.39. The predicted octanol–water partition coefficient (Wildman–Crippen LogP) is 3.09. The van der Waals surface area contributed by atoms with Crippen molar-refractivity contribution in [2.75, 3.05) is 25.0 Å². The van der Waals surface area contributed by atoms with E-state index in [1.54, 1.807) is 0 Å². The molecule has 0 radical (unpaired) electrons. The van der Waals surface area contributed by atoms with E-state index in [1.165, 1.54) is 35.2 Å². The van der Waals surface area contributed by atoms with E-state index in [-0.39, 0.29) is 0 Å². The molecule has 1 aromatic heterocycles. The summed E-state index contributed by atoms with van der Waals surface area (Å²) in [6, 6.07) is 9.68. The molecule has 1 saturated heterocycles. The van der Waals surface area contributed by atoms with Gasteiger partial charge in [0.2, 0.25) is 0 Å². The molecule has 0 amide bonds. The first-order valence-electron chi connectivity index (χ1n) is 6.26. The molecule has 1 N–H and O–H groups in total. The maximum absolute atomic E-state index is 3.40. The van der Waals surface area contributed by atoms with E-state index < -0.39 is 0 Å². The smallest absolute Gasteiger partial charge is 0.0373 e. The zero-order valence-electron chi connectivity index (χ0n) is 10.1. The van der Waals surface area contributed by atoms with Crippen molar-refractivity contribution in [2.45, 2.75) is 18.9 Å². The van der Waals surface area contributed by atoms with E-state index >= 15 is 0 Å². The number of hydrogen-bond acceptors (Lipinski definition) is 3. The fourth-order valence-corrected chi connectivity index (χ4v) is 3.37. The number of rotatable bonds is 2. The molecule has 2 aromatic rings. The van der Waals surface area contributed by atoms with Crippen LogP contribution < -0.4 is 10.2 Å². The lowest BCUT2D eigenvalue weighted by molar-refractivity contribution is 0.450. The lowest BCUT2D eigenvalue weighted by atomic mass is 10.0. The molecule has 3 rings (SSSR count). The summed E-state index contributed by atoms with van der Waals surface area (Å²) in [5, 5.41) is 6.94. The Hall–Kier alpha value is -1.06. The summed E-state index contributed by atoms with van der Waals surface area (Å²) in [4.78, 5) is 2.50. The first-order valence-corrected chi connectivity index (χ1v) is 7.14. The minimum absolute atomic E-state index is 0.641. The zero-order chi connectivity index (χ0) is 11.7. The number of piperidine rings is 1. The molecule has 2 nitrogen and oxygen atoms in total. The van der Waals surface area contributed by atoms with Crippen LogP contribution in [0.3, 0.4) is 0 Å². The molecule has 1 aromatic carbocycles. The molecule has 90 valence electrons. The van der Waals surface area contributed by atoms with E-state index in [2.05, 4.69) is 46.9 Å². The lowest BCUT2D eigenvalue weighted by Gasteiger charge is -2.34. The van der Waals surface area contributed by atoms with Crippen molar-refractivity contribution < 1.29 is 0 Å². The van der Waals surface area contributed by atoms with E-state index in [0.717, 1.165) is 6.54 Å². The molecule has 1 atom stereocenters. The maximum atomic E-state index is 3.40. The summed E-state index contributed by atoms with van der Waals surface area (Å²) in [5.74, 6) is 0. The van der Waals surface area contributed by atoms with Crippen LogP contribution in [0.4, 0.5) is 5.69 Å². The highest BCUT2D eigenvalue weighted by molar-refractivity contribution is 7.17. The van der Waals surface area contributed by atoms with Crippen molar-refractivity contribution in [3.8, 4) is 0 Å². The second-order valence-corrected chi connectivity index (χ2v) is 5.66. The molecule has 1 aliphatic heterocycles. The summed E-state index contributed by atoms with van der Waals surface area (Å²) >= 11 is 1.82. The SMILES string of the molecule is CNC1CCCN(c2ccc3sccc3c2)C1. The number of likely N-dealkylation sites (N-methyl/N-ethyl adjacent to an activating group) is 1. The molecule has 0 saturated carbocycles. The minimum atomic E-state index is 0.641. The van der Waals surface area contributed by atoms with Gasteiger partial charge in [-0.1, -0.05) is 0 Å². The number of nitrogens with zero attached hydrogens (tertiary/aromatic N) is 1. The average molecular weight is 246 g/mol. The molecule has 17 heavy (non-hydrogen) atoms. The fraction of sp³-hybridized carbons (Fsp3) is 0.429. The maximum Gasteiger partial charge on any atom is 0.0373 e. The number of fused-ring (bicyclic) bond motifs is 1. The zero-order valence-corrected chi connectivity index (χ0v) is 11.0. The van der Waals surface area contributed by atoms with Crippen molar-refractivity contribution in [1.29, 1.82) is 0 Å². The third-order valence-corrected chi connectivity index (χ3v) is 4.53. The number of anilines is 1. The third-order valence-electron chi connectivity index (χ3n) is 3.63. The molecule has 0 bridgehead atoms. The van der Waals surface area contributed by atoms with Gasteiger partial charge in [-0.25, -0.2) is 0 Å². The normalized spacial score (nSPS) is 21.0. The van der Waals surface area contributed by atoms with Crippen molar-refractivity contribution >= 4 is 27.1 Å². The Kier molecular flexibility index (Phi) is 3.04. The molecular weight excluding hydrogens is 228 g/mol. The number of nitrogens with one attached hydrogen (secondary N) is 1. The molecule has 2 heterocycles. The Labute approximate surface area is 106 Å². The van der Waals surface area contributed by atoms with Crippen LogP contribution in [-0.2, 0) is 0 Å². The highest BCUT2D eigenvalue weighted by Crippen LogP contribution is 2.27. The summed E-state index contributed by atoms with van der Waals surface area (Å²) in [5.41, 5.74) is 1.37. The van der Waals surface area contributed by atoms with Crippen molar-refractivity contribution in [1.82, 2.24) is 5.32 Å². The molecule has 0 spiro atoms. The van der Waals surface area contributed by atoms with E-state index in [1.807, 2.05) is 11.3 Å². The van der Waals surface area contributed by atoms with Gasteiger partial charge in [0.1, 0.15) is 0 Å². The van der Waals surface area contributed by atoms with Gasteiger partial charge in [-0.15, -0.1) is 11.3 Å². The van der Waals surface area contributed by atoms with Gasteiger partial charge in [0.25, 0.3) is 0 Å². The van der Waals surface area contributed by atoms with Gasteiger partial charge in [-0.3, -0.25) is 0 Å². The van der Waals surface area contributed by atoms with Gasteiger partial charge in [-0.2, -0.15) is 0 Å². The molecule has 0 aliphatic carbocycles. The molecule has 3 heteroatoms. The first-order chi connectivity index (χ1) is 8.36. The Morgan fingerprint density at radius 1 is 1.35 bits per heavy atom. The van der Waals surface area contributed by atoms with Crippen LogP contribution in [0.1, 0.15) is 12.8 Å². The van der Waals surface area contributed by atoms with Crippen LogP contribution in [0.5, 0.6) is 0 Å². The molecule has 1 fully saturated rings. The first kappa shape index (κ1) is 11.1. The van der Waals surface area contributed by atoms with Gasteiger partial charge in [0.15, 0.2) is 0 Å². The van der Waals surface area contributed by atoms with Crippen LogP contribution in [0, 0.1) is 0 Å². The molecule has 1 aliphatic rings. The Bertz CT molecular complexity index is 506. The lowest BCUT2D eigenvalue weighted by Crippen LogP contribution is -2.44. The summed E-state index contributed by atoms with van der Waals surface area (Å²) in [7, 11) is 2.07. The molecular formula is C14H18N2S. The van der Waals surface area contributed by atoms with Crippen molar-refractivity contribution in [3.63, 3.8) is 0 Å². The van der Waals surface area contributed by atoms with E-state index in [4.69, 9.17) is 0 Å². The Morgan fingerprint density at radius 2 is 2.29 bits per heavy atom. The minimum Gasteiger partial charge on any atom is -0.370 e.